The topological polar surface area (TPSA) is 62.2 Å². The minimum absolute atomic E-state index is 0.0323. The maximum Gasteiger partial charge on any atom is 0.237 e. The van der Waals surface area contributed by atoms with Crippen LogP contribution >= 0.6 is 11.3 Å². The van der Waals surface area contributed by atoms with Crippen LogP contribution in [0.25, 0.3) is 0 Å². The Labute approximate surface area is 207 Å². The molecule has 1 aliphatic heterocycles. The molecule has 0 saturated heterocycles. The van der Waals surface area contributed by atoms with Crippen molar-refractivity contribution in [3.8, 4) is 5.75 Å². The lowest BCUT2D eigenvalue weighted by Crippen LogP contribution is -2.48. The number of thiophene rings is 1. The number of fused-ring (bicyclic) bond motifs is 1. The molecule has 0 radical (unpaired) electrons. The lowest BCUT2D eigenvalue weighted by molar-refractivity contribution is -0.136. The molecular formula is C27H38N2O4S. The SMILES string of the molecule is C=CCN(CC(=O)N1CCc2sccc2C1COc1ccc(C)cc1C)CC(O)COC(C)C. The molecule has 0 bridgehead atoms. The number of aliphatic hydroxyl groups excluding tert-OH is 1. The van der Waals surface area contributed by atoms with Crippen molar-refractivity contribution in [2.24, 2.45) is 0 Å². The minimum Gasteiger partial charge on any atom is -0.491 e. The molecule has 0 saturated carbocycles. The highest BCUT2D eigenvalue weighted by Crippen LogP contribution is 2.34. The van der Waals surface area contributed by atoms with Crippen molar-refractivity contribution < 1.29 is 19.4 Å². The van der Waals surface area contributed by atoms with Crippen LogP contribution in [0.5, 0.6) is 5.75 Å². The lowest BCUT2D eigenvalue weighted by atomic mass is 10.00. The van der Waals surface area contributed by atoms with Gasteiger partial charge in [0.2, 0.25) is 5.91 Å². The van der Waals surface area contributed by atoms with Gasteiger partial charge >= 0.3 is 0 Å². The van der Waals surface area contributed by atoms with E-state index in [2.05, 4.69) is 31.0 Å². The lowest BCUT2D eigenvalue weighted by Gasteiger charge is -2.37. The molecule has 1 N–H and O–H groups in total. The number of aliphatic hydroxyl groups is 1. The normalized spacial score (nSPS) is 16.6. The maximum atomic E-state index is 13.5. The Morgan fingerprint density at radius 1 is 1.35 bits per heavy atom. The average Bonchev–Trinajstić information content (AvgIpc) is 3.26. The van der Waals surface area contributed by atoms with Crippen LogP contribution in [0.4, 0.5) is 0 Å². The van der Waals surface area contributed by atoms with Crippen molar-refractivity contribution in [3.05, 3.63) is 63.9 Å². The zero-order valence-electron chi connectivity index (χ0n) is 20.8. The number of hydrogen-bond acceptors (Lipinski definition) is 6. The summed E-state index contributed by atoms with van der Waals surface area (Å²) in [5, 5.41) is 12.5. The summed E-state index contributed by atoms with van der Waals surface area (Å²) in [6.07, 6.45) is 2.00. The van der Waals surface area contributed by atoms with Gasteiger partial charge in [0.1, 0.15) is 12.4 Å². The van der Waals surface area contributed by atoms with Crippen LogP contribution in [0.15, 0.2) is 42.3 Å². The van der Waals surface area contributed by atoms with Crippen LogP contribution in [0, 0.1) is 13.8 Å². The number of rotatable bonds is 12. The van der Waals surface area contributed by atoms with E-state index >= 15 is 0 Å². The minimum atomic E-state index is -0.663. The summed E-state index contributed by atoms with van der Waals surface area (Å²) in [5.74, 6) is 0.881. The van der Waals surface area contributed by atoms with E-state index in [4.69, 9.17) is 9.47 Å². The number of hydrogen-bond donors (Lipinski definition) is 1. The van der Waals surface area contributed by atoms with Gasteiger partial charge in [-0.25, -0.2) is 0 Å². The van der Waals surface area contributed by atoms with E-state index in [1.807, 2.05) is 42.7 Å². The summed E-state index contributed by atoms with van der Waals surface area (Å²) in [6.45, 7) is 14.2. The smallest absolute Gasteiger partial charge is 0.237 e. The standard InChI is InChI=1S/C27H38N2O4S/c1-6-11-28(15-22(30)17-32-19(2)3)16-27(31)29-12-9-26-23(10-13-34-26)24(29)18-33-25-8-7-20(4)14-21(25)5/h6-8,10,13-14,19,22,24,30H,1,9,11-12,15-18H2,2-5H3. The summed E-state index contributed by atoms with van der Waals surface area (Å²) in [7, 11) is 0. The van der Waals surface area contributed by atoms with Crippen molar-refractivity contribution in [1.82, 2.24) is 9.80 Å². The number of carbonyl (C=O) groups is 1. The van der Waals surface area contributed by atoms with Gasteiger partial charge in [-0.3, -0.25) is 9.69 Å². The first-order valence-electron chi connectivity index (χ1n) is 12.0. The van der Waals surface area contributed by atoms with Gasteiger partial charge in [0.15, 0.2) is 0 Å². The number of benzene rings is 1. The van der Waals surface area contributed by atoms with Crippen LogP contribution in [-0.2, 0) is 16.0 Å². The molecule has 2 aromatic rings. The molecule has 0 aliphatic carbocycles. The highest BCUT2D eigenvalue weighted by Gasteiger charge is 2.33. The van der Waals surface area contributed by atoms with E-state index in [1.165, 1.54) is 16.0 Å². The van der Waals surface area contributed by atoms with Crippen molar-refractivity contribution in [3.63, 3.8) is 0 Å². The van der Waals surface area contributed by atoms with Gasteiger partial charge in [0.05, 0.1) is 31.4 Å². The van der Waals surface area contributed by atoms with Crippen molar-refractivity contribution >= 4 is 17.2 Å². The molecule has 34 heavy (non-hydrogen) atoms. The summed E-state index contributed by atoms with van der Waals surface area (Å²) >= 11 is 1.74. The van der Waals surface area contributed by atoms with Gasteiger partial charge in [-0.2, -0.15) is 0 Å². The average molecular weight is 487 g/mol. The fraction of sp³-hybridized carbons (Fsp3) is 0.519. The molecule has 1 amide bonds. The molecule has 186 valence electrons. The quantitative estimate of drug-likeness (QED) is 0.457. The Balaban J connectivity index is 1.70. The Morgan fingerprint density at radius 2 is 2.15 bits per heavy atom. The van der Waals surface area contributed by atoms with Crippen LogP contribution in [0.2, 0.25) is 0 Å². The van der Waals surface area contributed by atoms with Crippen molar-refractivity contribution in [2.75, 3.05) is 39.4 Å². The molecule has 2 unspecified atom stereocenters. The first-order valence-corrected chi connectivity index (χ1v) is 12.8. The summed E-state index contributed by atoms with van der Waals surface area (Å²) in [4.78, 5) is 18.7. The molecular weight excluding hydrogens is 448 g/mol. The Morgan fingerprint density at radius 3 is 2.85 bits per heavy atom. The molecule has 1 aliphatic rings. The zero-order valence-corrected chi connectivity index (χ0v) is 21.6. The molecule has 2 atom stereocenters. The van der Waals surface area contributed by atoms with Crippen LogP contribution < -0.4 is 4.74 Å². The van der Waals surface area contributed by atoms with E-state index in [-0.39, 0.29) is 31.2 Å². The van der Waals surface area contributed by atoms with Crippen LogP contribution in [0.3, 0.4) is 0 Å². The van der Waals surface area contributed by atoms with Gasteiger partial charge in [0, 0.05) is 24.5 Å². The van der Waals surface area contributed by atoms with Crippen molar-refractivity contribution in [2.45, 2.75) is 52.4 Å². The molecule has 1 aromatic heterocycles. The van der Waals surface area contributed by atoms with E-state index < -0.39 is 6.10 Å². The molecule has 0 spiro atoms. The Hall–Kier alpha value is -2.19. The van der Waals surface area contributed by atoms with Crippen LogP contribution in [0.1, 0.15) is 41.5 Å². The summed E-state index contributed by atoms with van der Waals surface area (Å²) in [5.41, 5.74) is 3.46. The predicted molar refractivity (Wildman–Crippen MR) is 138 cm³/mol. The molecule has 3 rings (SSSR count). The summed E-state index contributed by atoms with van der Waals surface area (Å²) < 4.78 is 11.8. The van der Waals surface area contributed by atoms with Gasteiger partial charge in [-0.1, -0.05) is 23.8 Å². The number of nitrogens with zero attached hydrogens (tertiary/aromatic N) is 2. The number of carbonyl (C=O) groups excluding carboxylic acids is 1. The zero-order chi connectivity index (χ0) is 24.7. The predicted octanol–water partition coefficient (Wildman–Crippen LogP) is 4.14. The molecule has 0 fully saturated rings. The van der Waals surface area contributed by atoms with E-state index in [9.17, 15) is 9.90 Å². The van der Waals surface area contributed by atoms with Gasteiger partial charge < -0.3 is 19.5 Å². The van der Waals surface area contributed by atoms with Crippen molar-refractivity contribution in [1.29, 1.82) is 0 Å². The molecule has 1 aromatic carbocycles. The van der Waals surface area contributed by atoms with E-state index in [0.29, 0.717) is 26.2 Å². The highest BCUT2D eigenvalue weighted by atomic mass is 32.1. The number of amides is 1. The number of aryl methyl sites for hydroxylation is 2. The monoisotopic (exact) mass is 486 g/mol. The fourth-order valence-corrected chi connectivity index (χ4v) is 5.26. The second kappa shape index (κ2) is 12.5. The molecule has 2 heterocycles. The van der Waals surface area contributed by atoms with E-state index in [0.717, 1.165) is 17.7 Å². The fourth-order valence-electron chi connectivity index (χ4n) is 4.33. The van der Waals surface area contributed by atoms with Gasteiger partial charge in [-0.15, -0.1) is 17.9 Å². The maximum absolute atomic E-state index is 13.5. The first kappa shape index (κ1) is 26.4. The Kier molecular flexibility index (Phi) is 9.71. The third-order valence-electron chi connectivity index (χ3n) is 5.98. The highest BCUT2D eigenvalue weighted by molar-refractivity contribution is 7.10. The van der Waals surface area contributed by atoms with Gasteiger partial charge in [0.25, 0.3) is 0 Å². The first-order chi connectivity index (χ1) is 16.3. The third kappa shape index (κ3) is 7.15. The molecule has 6 nitrogen and oxygen atoms in total. The second-order valence-corrected chi connectivity index (χ2v) is 10.3. The summed E-state index contributed by atoms with van der Waals surface area (Å²) in [6, 6.07) is 8.13. The van der Waals surface area contributed by atoms with E-state index in [1.54, 1.807) is 17.4 Å². The third-order valence-corrected chi connectivity index (χ3v) is 6.98. The van der Waals surface area contributed by atoms with Gasteiger partial charge in [-0.05, 0) is 62.8 Å². The number of ether oxygens (including phenoxy) is 2. The second-order valence-electron chi connectivity index (χ2n) is 9.25. The molecule has 7 heteroatoms. The van der Waals surface area contributed by atoms with Crippen LogP contribution in [-0.4, -0.2) is 72.4 Å². The Bertz CT molecular complexity index is 958. The largest absolute Gasteiger partial charge is 0.491 e.